The van der Waals surface area contributed by atoms with Gasteiger partial charge in [0.2, 0.25) is 10.0 Å². The molecule has 1 N–H and O–H groups in total. The standard InChI is InChI=1S/C17H21N3O4S/c1-13-4-3-5-14(10-13)18-17(21)16-11-15(12-19(16)2)25(22,23)20-6-8-24-9-7-20/h3-5,10-12H,6-9H2,1-2H3,(H,18,21). The molecule has 1 aromatic carbocycles. The van der Waals surface area contributed by atoms with Crippen molar-refractivity contribution in [3.63, 3.8) is 0 Å². The van der Waals surface area contributed by atoms with Gasteiger partial charge >= 0.3 is 0 Å². The molecule has 134 valence electrons. The molecule has 1 saturated heterocycles. The Morgan fingerprint density at radius 3 is 2.60 bits per heavy atom. The summed E-state index contributed by atoms with van der Waals surface area (Å²) in [6.07, 6.45) is 1.47. The van der Waals surface area contributed by atoms with Gasteiger partial charge in [-0.1, -0.05) is 12.1 Å². The van der Waals surface area contributed by atoms with Crippen molar-refractivity contribution in [2.24, 2.45) is 7.05 Å². The third kappa shape index (κ3) is 3.76. The van der Waals surface area contributed by atoms with Crippen LogP contribution < -0.4 is 5.32 Å². The van der Waals surface area contributed by atoms with E-state index in [-0.39, 0.29) is 16.5 Å². The summed E-state index contributed by atoms with van der Waals surface area (Å²) in [4.78, 5) is 12.6. The van der Waals surface area contributed by atoms with E-state index in [1.54, 1.807) is 13.1 Å². The predicted octanol–water partition coefficient (Wildman–Crippen LogP) is 1.61. The highest BCUT2D eigenvalue weighted by molar-refractivity contribution is 7.89. The molecule has 25 heavy (non-hydrogen) atoms. The predicted molar refractivity (Wildman–Crippen MR) is 94.1 cm³/mol. The second kappa shape index (κ2) is 6.99. The van der Waals surface area contributed by atoms with E-state index in [0.717, 1.165) is 5.56 Å². The smallest absolute Gasteiger partial charge is 0.272 e. The summed E-state index contributed by atoms with van der Waals surface area (Å²) in [5.41, 5.74) is 1.98. The van der Waals surface area contributed by atoms with Crippen LogP contribution in [-0.2, 0) is 21.8 Å². The highest BCUT2D eigenvalue weighted by atomic mass is 32.2. The Hall–Kier alpha value is -2.16. The van der Waals surface area contributed by atoms with Crippen molar-refractivity contribution in [1.29, 1.82) is 0 Å². The van der Waals surface area contributed by atoms with E-state index in [4.69, 9.17) is 4.74 Å². The number of sulfonamides is 1. The summed E-state index contributed by atoms with van der Waals surface area (Å²) >= 11 is 0. The van der Waals surface area contributed by atoms with E-state index in [2.05, 4.69) is 5.32 Å². The summed E-state index contributed by atoms with van der Waals surface area (Å²) in [7, 11) is -1.97. The minimum absolute atomic E-state index is 0.117. The molecule has 1 aliphatic heterocycles. The lowest BCUT2D eigenvalue weighted by Crippen LogP contribution is -2.40. The molecule has 7 nitrogen and oxygen atoms in total. The third-order valence-electron chi connectivity index (χ3n) is 4.10. The molecule has 0 unspecified atom stereocenters. The average molecular weight is 363 g/mol. The van der Waals surface area contributed by atoms with Crippen LogP contribution in [0.4, 0.5) is 5.69 Å². The second-order valence-corrected chi connectivity index (χ2v) is 7.95. The number of ether oxygens (including phenoxy) is 1. The maximum Gasteiger partial charge on any atom is 0.272 e. The number of benzene rings is 1. The number of aryl methyl sites for hydroxylation is 2. The molecule has 1 amide bonds. The Morgan fingerprint density at radius 2 is 1.92 bits per heavy atom. The van der Waals surface area contributed by atoms with Crippen molar-refractivity contribution in [3.8, 4) is 0 Å². The van der Waals surface area contributed by atoms with Gasteiger partial charge in [0.25, 0.3) is 5.91 Å². The fourth-order valence-electron chi connectivity index (χ4n) is 2.76. The quantitative estimate of drug-likeness (QED) is 0.895. The summed E-state index contributed by atoms with van der Waals surface area (Å²) < 4.78 is 33.5. The van der Waals surface area contributed by atoms with Gasteiger partial charge in [0.05, 0.1) is 13.2 Å². The molecule has 8 heteroatoms. The minimum Gasteiger partial charge on any atom is -0.379 e. The molecule has 0 aliphatic carbocycles. The number of amides is 1. The molecule has 1 aliphatic rings. The van der Waals surface area contributed by atoms with Crippen molar-refractivity contribution < 1.29 is 17.9 Å². The van der Waals surface area contributed by atoms with Crippen LogP contribution in [0.15, 0.2) is 41.4 Å². The zero-order valence-corrected chi connectivity index (χ0v) is 15.0. The van der Waals surface area contributed by atoms with E-state index in [9.17, 15) is 13.2 Å². The first kappa shape index (κ1) is 17.7. The fourth-order valence-corrected chi connectivity index (χ4v) is 4.23. The van der Waals surface area contributed by atoms with E-state index in [1.165, 1.54) is 21.1 Å². The highest BCUT2D eigenvalue weighted by Gasteiger charge is 2.28. The zero-order valence-electron chi connectivity index (χ0n) is 14.2. The molecular formula is C17H21N3O4S. The minimum atomic E-state index is -3.62. The number of rotatable bonds is 4. The molecule has 1 aromatic heterocycles. The zero-order chi connectivity index (χ0) is 18.0. The maximum absolute atomic E-state index is 12.7. The lowest BCUT2D eigenvalue weighted by molar-refractivity contribution is 0.0730. The van der Waals surface area contributed by atoms with Gasteiger partial charge in [0.1, 0.15) is 10.6 Å². The van der Waals surface area contributed by atoms with E-state index >= 15 is 0 Å². The number of anilines is 1. The van der Waals surface area contributed by atoms with Gasteiger partial charge in [0, 0.05) is 32.0 Å². The van der Waals surface area contributed by atoms with Crippen molar-refractivity contribution in [1.82, 2.24) is 8.87 Å². The van der Waals surface area contributed by atoms with Crippen LogP contribution in [0, 0.1) is 6.92 Å². The van der Waals surface area contributed by atoms with Gasteiger partial charge in [-0.05, 0) is 30.7 Å². The van der Waals surface area contributed by atoms with Crippen LogP contribution in [-0.4, -0.2) is 49.5 Å². The molecular weight excluding hydrogens is 342 g/mol. The number of hydrogen-bond acceptors (Lipinski definition) is 4. The van der Waals surface area contributed by atoms with Gasteiger partial charge in [-0.25, -0.2) is 8.42 Å². The van der Waals surface area contributed by atoms with Gasteiger partial charge in [0.15, 0.2) is 0 Å². The topological polar surface area (TPSA) is 80.6 Å². The molecule has 0 spiro atoms. The monoisotopic (exact) mass is 363 g/mol. The lowest BCUT2D eigenvalue weighted by atomic mass is 10.2. The molecule has 3 rings (SSSR count). The molecule has 0 atom stereocenters. The molecule has 1 fully saturated rings. The summed E-state index contributed by atoms with van der Waals surface area (Å²) in [6.45, 7) is 3.34. The lowest BCUT2D eigenvalue weighted by Gasteiger charge is -2.25. The Bertz CT molecular complexity index is 883. The first-order chi connectivity index (χ1) is 11.9. The van der Waals surface area contributed by atoms with Crippen LogP contribution in [0.5, 0.6) is 0 Å². The van der Waals surface area contributed by atoms with E-state index in [0.29, 0.717) is 32.0 Å². The number of nitrogens with one attached hydrogen (secondary N) is 1. The molecule has 0 bridgehead atoms. The van der Waals surface area contributed by atoms with Gasteiger partial charge in [-0.3, -0.25) is 4.79 Å². The van der Waals surface area contributed by atoms with Crippen LogP contribution in [0.1, 0.15) is 16.1 Å². The normalized spacial score (nSPS) is 15.9. The van der Waals surface area contributed by atoms with Gasteiger partial charge < -0.3 is 14.6 Å². The molecule has 2 heterocycles. The Balaban J connectivity index is 1.83. The fraction of sp³-hybridized carbons (Fsp3) is 0.353. The van der Waals surface area contributed by atoms with E-state index < -0.39 is 10.0 Å². The maximum atomic E-state index is 12.7. The van der Waals surface area contributed by atoms with Crippen molar-refractivity contribution in [3.05, 3.63) is 47.8 Å². The van der Waals surface area contributed by atoms with Crippen molar-refractivity contribution >= 4 is 21.6 Å². The first-order valence-corrected chi connectivity index (χ1v) is 9.44. The van der Waals surface area contributed by atoms with Crippen molar-refractivity contribution in [2.75, 3.05) is 31.6 Å². The van der Waals surface area contributed by atoms with E-state index in [1.807, 2.05) is 25.1 Å². The summed E-state index contributed by atoms with van der Waals surface area (Å²) in [6, 6.07) is 8.84. The molecule has 0 radical (unpaired) electrons. The highest BCUT2D eigenvalue weighted by Crippen LogP contribution is 2.20. The third-order valence-corrected chi connectivity index (χ3v) is 5.96. The van der Waals surface area contributed by atoms with Gasteiger partial charge in [-0.15, -0.1) is 0 Å². The Kier molecular flexibility index (Phi) is 4.94. The van der Waals surface area contributed by atoms with Crippen LogP contribution in [0.3, 0.4) is 0 Å². The number of carbonyl (C=O) groups excluding carboxylic acids is 1. The number of hydrogen-bond donors (Lipinski definition) is 1. The summed E-state index contributed by atoms with van der Waals surface area (Å²) in [5, 5.41) is 2.80. The Labute approximate surface area is 147 Å². The Morgan fingerprint density at radius 1 is 1.20 bits per heavy atom. The van der Waals surface area contributed by atoms with Crippen LogP contribution in [0.2, 0.25) is 0 Å². The van der Waals surface area contributed by atoms with Crippen molar-refractivity contribution in [2.45, 2.75) is 11.8 Å². The summed E-state index contributed by atoms with van der Waals surface area (Å²) in [5.74, 6) is -0.350. The SMILES string of the molecule is Cc1cccc(NC(=O)c2cc(S(=O)(=O)N3CCOCC3)cn2C)c1. The van der Waals surface area contributed by atoms with Crippen LogP contribution in [0.25, 0.3) is 0 Å². The number of aromatic nitrogens is 1. The molecule has 0 saturated carbocycles. The molecule has 2 aromatic rings. The first-order valence-electron chi connectivity index (χ1n) is 8.00. The average Bonchev–Trinajstić information content (AvgIpc) is 2.98. The largest absolute Gasteiger partial charge is 0.379 e. The number of nitrogens with zero attached hydrogens (tertiary/aromatic N) is 2. The second-order valence-electron chi connectivity index (χ2n) is 6.01. The van der Waals surface area contributed by atoms with Gasteiger partial charge in [-0.2, -0.15) is 4.31 Å². The number of morpholine rings is 1. The number of carbonyl (C=O) groups is 1. The van der Waals surface area contributed by atoms with Crippen LogP contribution >= 0.6 is 0 Å².